The van der Waals surface area contributed by atoms with Crippen molar-refractivity contribution in [2.24, 2.45) is 5.10 Å². The highest BCUT2D eigenvalue weighted by molar-refractivity contribution is 7.11. The van der Waals surface area contributed by atoms with Gasteiger partial charge in [-0.05, 0) is 43.0 Å². The molecule has 7 heteroatoms. The summed E-state index contributed by atoms with van der Waals surface area (Å²) >= 11 is 1.51. The first-order valence-electron chi connectivity index (χ1n) is 7.40. The lowest BCUT2D eigenvalue weighted by atomic mass is 10.2. The Labute approximate surface area is 144 Å². The molecular weight excluding hydrogens is 326 g/mol. The van der Waals surface area contributed by atoms with Crippen molar-refractivity contribution in [3.8, 4) is 5.75 Å². The third-order valence-electron chi connectivity index (χ3n) is 3.04. The maximum absolute atomic E-state index is 11.8. The Bertz CT molecular complexity index is 714. The van der Waals surface area contributed by atoms with E-state index in [1.807, 2.05) is 42.6 Å². The zero-order chi connectivity index (χ0) is 17.4. The highest BCUT2D eigenvalue weighted by atomic mass is 32.1. The van der Waals surface area contributed by atoms with Crippen LogP contribution in [0, 0.1) is 6.92 Å². The number of nitrogens with one attached hydrogen (secondary N) is 2. The summed E-state index contributed by atoms with van der Waals surface area (Å²) in [5.74, 6) is -0.157. The van der Waals surface area contributed by atoms with E-state index in [9.17, 15) is 9.59 Å². The molecule has 1 aromatic carbocycles. The molecule has 0 fully saturated rings. The second kappa shape index (κ2) is 8.83. The van der Waals surface area contributed by atoms with E-state index in [1.165, 1.54) is 11.3 Å². The highest BCUT2D eigenvalue weighted by Crippen LogP contribution is 2.11. The Balaban J connectivity index is 1.73. The minimum absolute atomic E-state index is 0.153. The molecule has 1 unspecified atom stereocenters. The number of rotatable bonds is 7. The van der Waals surface area contributed by atoms with Crippen molar-refractivity contribution in [2.75, 3.05) is 6.61 Å². The van der Waals surface area contributed by atoms with Crippen LogP contribution < -0.4 is 15.5 Å². The molecule has 0 bridgehead atoms. The number of benzene rings is 1. The van der Waals surface area contributed by atoms with Crippen molar-refractivity contribution in [1.29, 1.82) is 0 Å². The third kappa shape index (κ3) is 5.85. The summed E-state index contributed by atoms with van der Waals surface area (Å²) in [5.41, 5.74) is 3.43. The summed E-state index contributed by atoms with van der Waals surface area (Å²) in [7, 11) is 0. The number of carbonyl (C=O) groups excluding carboxylic acids is 2. The van der Waals surface area contributed by atoms with Crippen molar-refractivity contribution >= 4 is 29.4 Å². The average molecular weight is 345 g/mol. The van der Waals surface area contributed by atoms with E-state index in [0.717, 1.165) is 10.4 Å². The molecule has 0 aliphatic carbocycles. The molecule has 2 amide bonds. The number of hydrogen-bond acceptors (Lipinski definition) is 5. The summed E-state index contributed by atoms with van der Waals surface area (Å²) in [4.78, 5) is 24.6. The van der Waals surface area contributed by atoms with Crippen molar-refractivity contribution < 1.29 is 14.3 Å². The van der Waals surface area contributed by atoms with Crippen LogP contribution in [0.3, 0.4) is 0 Å². The van der Waals surface area contributed by atoms with E-state index in [4.69, 9.17) is 4.74 Å². The van der Waals surface area contributed by atoms with Gasteiger partial charge in [0.25, 0.3) is 11.8 Å². The first kappa shape index (κ1) is 17.7. The summed E-state index contributed by atoms with van der Waals surface area (Å²) in [6.07, 6.45) is 1.55. The van der Waals surface area contributed by atoms with Crippen LogP contribution >= 0.6 is 11.3 Å². The van der Waals surface area contributed by atoms with Gasteiger partial charge in [-0.1, -0.05) is 18.2 Å². The maximum Gasteiger partial charge on any atom is 0.262 e. The zero-order valence-corrected chi connectivity index (χ0v) is 14.3. The monoisotopic (exact) mass is 345 g/mol. The fourth-order valence-electron chi connectivity index (χ4n) is 1.82. The molecule has 126 valence electrons. The average Bonchev–Trinajstić information content (AvgIpc) is 3.06. The van der Waals surface area contributed by atoms with Crippen LogP contribution in [0.2, 0.25) is 0 Å². The zero-order valence-electron chi connectivity index (χ0n) is 13.5. The highest BCUT2D eigenvalue weighted by Gasteiger charge is 2.15. The second-order valence-corrected chi connectivity index (χ2v) is 6.12. The molecule has 2 N–H and O–H groups in total. The van der Waals surface area contributed by atoms with Crippen molar-refractivity contribution in [2.45, 2.75) is 19.9 Å². The van der Waals surface area contributed by atoms with Gasteiger partial charge in [0.2, 0.25) is 0 Å². The van der Waals surface area contributed by atoms with Crippen LogP contribution in [-0.4, -0.2) is 30.7 Å². The van der Waals surface area contributed by atoms with Crippen molar-refractivity contribution in [1.82, 2.24) is 10.7 Å². The number of hydrogen-bond donors (Lipinski definition) is 2. The summed E-state index contributed by atoms with van der Waals surface area (Å²) < 4.78 is 5.39. The Morgan fingerprint density at radius 3 is 2.88 bits per heavy atom. The van der Waals surface area contributed by atoms with E-state index < -0.39 is 11.9 Å². The van der Waals surface area contributed by atoms with Crippen LogP contribution in [0.4, 0.5) is 0 Å². The molecule has 0 spiro atoms. The van der Waals surface area contributed by atoms with Crippen molar-refractivity contribution in [3.63, 3.8) is 0 Å². The lowest BCUT2D eigenvalue weighted by Crippen LogP contribution is -2.45. The van der Waals surface area contributed by atoms with Crippen LogP contribution in [0.25, 0.3) is 0 Å². The standard InChI is InChI=1S/C17H19N3O3S/c1-12-5-3-6-14(9-12)23-11-16(21)19-13(2)17(22)20-18-10-15-7-4-8-24-15/h3-10,13H,11H2,1-2H3,(H,19,21)(H,20,22). The fourth-order valence-corrected chi connectivity index (χ4v) is 2.41. The second-order valence-electron chi connectivity index (χ2n) is 5.14. The Kier molecular flexibility index (Phi) is 6.51. The first-order valence-corrected chi connectivity index (χ1v) is 8.28. The van der Waals surface area contributed by atoms with Gasteiger partial charge in [0, 0.05) is 4.88 Å². The van der Waals surface area contributed by atoms with Gasteiger partial charge in [-0.3, -0.25) is 9.59 Å². The van der Waals surface area contributed by atoms with Crippen LogP contribution in [0.15, 0.2) is 46.9 Å². The number of hydrazone groups is 1. The lowest BCUT2D eigenvalue weighted by Gasteiger charge is -2.12. The molecule has 0 aliphatic heterocycles. The molecule has 1 heterocycles. The molecule has 0 radical (unpaired) electrons. The minimum atomic E-state index is -0.709. The molecule has 6 nitrogen and oxygen atoms in total. The van der Waals surface area contributed by atoms with E-state index in [1.54, 1.807) is 19.2 Å². The van der Waals surface area contributed by atoms with Gasteiger partial charge in [-0.25, -0.2) is 5.43 Å². The third-order valence-corrected chi connectivity index (χ3v) is 3.85. The first-order chi connectivity index (χ1) is 11.5. The van der Waals surface area contributed by atoms with Gasteiger partial charge in [0.1, 0.15) is 11.8 Å². The molecule has 1 aromatic heterocycles. The normalized spacial score (nSPS) is 11.9. The van der Waals surface area contributed by atoms with Gasteiger partial charge in [-0.15, -0.1) is 11.3 Å². The molecule has 0 saturated heterocycles. The largest absolute Gasteiger partial charge is 0.484 e. The molecular formula is C17H19N3O3S. The van der Waals surface area contributed by atoms with Crippen LogP contribution in [0.5, 0.6) is 5.75 Å². The molecule has 0 saturated carbocycles. The Morgan fingerprint density at radius 2 is 2.17 bits per heavy atom. The van der Waals surface area contributed by atoms with E-state index in [0.29, 0.717) is 5.75 Å². The number of thiophene rings is 1. The number of aryl methyl sites for hydroxylation is 1. The number of ether oxygens (including phenoxy) is 1. The molecule has 2 aromatic rings. The van der Waals surface area contributed by atoms with Gasteiger partial charge < -0.3 is 10.1 Å². The number of nitrogens with zero attached hydrogens (tertiary/aromatic N) is 1. The smallest absolute Gasteiger partial charge is 0.262 e. The van der Waals surface area contributed by atoms with Gasteiger partial charge >= 0.3 is 0 Å². The van der Waals surface area contributed by atoms with E-state index in [-0.39, 0.29) is 12.5 Å². The number of carbonyl (C=O) groups is 2. The number of amides is 2. The van der Waals surface area contributed by atoms with Crippen LogP contribution in [0.1, 0.15) is 17.4 Å². The van der Waals surface area contributed by atoms with Crippen molar-refractivity contribution in [3.05, 3.63) is 52.2 Å². The van der Waals surface area contributed by atoms with Gasteiger partial charge in [-0.2, -0.15) is 5.10 Å². The molecule has 1 atom stereocenters. The SMILES string of the molecule is Cc1cccc(OCC(=O)NC(C)C(=O)NN=Cc2cccs2)c1. The lowest BCUT2D eigenvalue weighted by molar-refractivity contribution is -0.129. The molecule has 0 aliphatic rings. The minimum Gasteiger partial charge on any atom is -0.484 e. The summed E-state index contributed by atoms with van der Waals surface area (Å²) in [5, 5.41) is 8.33. The van der Waals surface area contributed by atoms with Crippen LogP contribution in [-0.2, 0) is 9.59 Å². The quantitative estimate of drug-likeness (QED) is 0.596. The molecule has 2 rings (SSSR count). The summed E-state index contributed by atoms with van der Waals surface area (Å²) in [6, 6.07) is 10.5. The van der Waals surface area contributed by atoms with E-state index >= 15 is 0 Å². The Hall–Kier alpha value is -2.67. The topological polar surface area (TPSA) is 79.8 Å². The van der Waals surface area contributed by atoms with Gasteiger partial charge in [0.15, 0.2) is 6.61 Å². The molecule has 24 heavy (non-hydrogen) atoms. The Morgan fingerprint density at radius 1 is 1.33 bits per heavy atom. The maximum atomic E-state index is 11.8. The predicted octanol–water partition coefficient (Wildman–Crippen LogP) is 2.09. The fraction of sp³-hybridized carbons (Fsp3) is 0.235. The van der Waals surface area contributed by atoms with Gasteiger partial charge in [0.05, 0.1) is 6.21 Å². The van der Waals surface area contributed by atoms with E-state index in [2.05, 4.69) is 15.8 Å². The summed E-state index contributed by atoms with van der Waals surface area (Å²) in [6.45, 7) is 3.37. The predicted molar refractivity (Wildman–Crippen MR) is 94.3 cm³/mol.